The number of fused-ring (bicyclic) bond motifs is 1. The highest BCUT2D eigenvalue weighted by molar-refractivity contribution is 6.07. The molecule has 0 bridgehead atoms. The molecule has 0 aliphatic carbocycles. The molecule has 0 fully saturated rings. The Morgan fingerprint density at radius 2 is 1.97 bits per heavy atom. The number of nitro benzene ring substituents is 1. The van der Waals surface area contributed by atoms with E-state index in [4.69, 9.17) is 19.6 Å². The van der Waals surface area contributed by atoms with Gasteiger partial charge in [0.15, 0.2) is 12.4 Å². The van der Waals surface area contributed by atoms with E-state index >= 15 is 0 Å². The molecule has 30 heavy (non-hydrogen) atoms. The van der Waals surface area contributed by atoms with Crippen LogP contribution in [0.25, 0.3) is 11.1 Å². The van der Waals surface area contributed by atoms with E-state index in [-0.39, 0.29) is 65.0 Å². The fraction of sp³-hybridized carbons (Fsp3) is 0.263. The molecule has 0 radical (unpaired) electrons. The quantitative estimate of drug-likeness (QED) is 0.345. The first-order valence-corrected chi connectivity index (χ1v) is 8.92. The van der Waals surface area contributed by atoms with Crippen LogP contribution in [-0.4, -0.2) is 33.4 Å². The number of aryl methyl sites for hydroxylation is 1. The number of hydrogen-bond donors (Lipinski definition) is 1. The molecule has 3 aromatic rings. The smallest absolute Gasteiger partial charge is 0.342 e. The number of carbonyl (C=O) groups excluding carboxylic acids is 2. The van der Waals surface area contributed by atoms with E-state index in [0.717, 1.165) is 0 Å². The van der Waals surface area contributed by atoms with Gasteiger partial charge in [-0.15, -0.1) is 0 Å². The molecule has 2 aromatic heterocycles. The van der Waals surface area contributed by atoms with Crippen molar-refractivity contribution in [3.8, 4) is 0 Å². The van der Waals surface area contributed by atoms with Crippen LogP contribution in [0.5, 0.6) is 0 Å². The van der Waals surface area contributed by atoms with Gasteiger partial charge in [-0.3, -0.25) is 14.9 Å². The number of ether oxygens (including phenoxy) is 2. The monoisotopic (exact) mass is 414 g/mol. The van der Waals surface area contributed by atoms with Crippen LogP contribution in [0.1, 0.15) is 34.4 Å². The number of nitro groups is 1. The van der Waals surface area contributed by atoms with Gasteiger partial charge in [0.25, 0.3) is 5.69 Å². The number of furan rings is 1. The zero-order valence-electron chi connectivity index (χ0n) is 16.2. The number of nitrogen functional groups attached to an aromatic ring is 1. The maximum atomic E-state index is 12.1. The van der Waals surface area contributed by atoms with Crippen LogP contribution in [0, 0.1) is 17.0 Å². The largest absolute Gasteiger partial charge is 0.462 e. The average molecular weight is 414 g/mol. The second-order valence-corrected chi connectivity index (χ2v) is 6.18. The summed E-state index contributed by atoms with van der Waals surface area (Å²) in [6, 6.07) is 5.88. The Kier molecular flexibility index (Phi) is 5.90. The number of nitrogens with zero attached hydrogens (tertiary/aromatic N) is 3. The number of rotatable bonds is 7. The molecule has 0 spiro atoms. The minimum absolute atomic E-state index is 0.0235. The highest BCUT2D eigenvalue weighted by Crippen LogP contribution is 2.29. The number of nitrogens with two attached hydrogens (primary N) is 1. The lowest BCUT2D eigenvalue weighted by Crippen LogP contribution is -2.12. The number of esters is 2. The van der Waals surface area contributed by atoms with Gasteiger partial charge >= 0.3 is 11.9 Å². The molecule has 0 amide bonds. The lowest BCUT2D eigenvalue weighted by Gasteiger charge is -2.06. The maximum Gasteiger partial charge on any atom is 0.342 e. The maximum absolute atomic E-state index is 12.1. The van der Waals surface area contributed by atoms with E-state index in [1.807, 2.05) is 0 Å². The first-order valence-electron chi connectivity index (χ1n) is 8.92. The normalized spacial score (nSPS) is 10.7. The van der Waals surface area contributed by atoms with Crippen molar-refractivity contribution in [2.45, 2.75) is 26.9 Å². The molecular formula is C19H18N4O7. The predicted octanol–water partition coefficient (Wildman–Crippen LogP) is 2.48. The lowest BCUT2D eigenvalue weighted by atomic mass is 10.1. The fourth-order valence-electron chi connectivity index (χ4n) is 2.89. The van der Waals surface area contributed by atoms with Crippen LogP contribution in [0.15, 0.2) is 28.7 Å². The van der Waals surface area contributed by atoms with Gasteiger partial charge in [-0.25, -0.2) is 9.78 Å². The molecule has 1 aromatic carbocycles. The molecular weight excluding hydrogens is 396 g/mol. The van der Waals surface area contributed by atoms with Crippen LogP contribution < -0.4 is 5.73 Å². The van der Waals surface area contributed by atoms with E-state index in [1.165, 1.54) is 18.2 Å². The summed E-state index contributed by atoms with van der Waals surface area (Å²) in [6.45, 7) is 3.10. The van der Waals surface area contributed by atoms with Gasteiger partial charge in [0.2, 0.25) is 5.71 Å². The van der Waals surface area contributed by atoms with Crippen LogP contribution in [0.3, 0.4) is 0 Å². The van der Waals surface area contributed by atoms with Gasteiger partial charge in [0.05, 0.1) is 23.3 Å². The topological polar surface area (TPSA) is 161 Å². The van der Waals surface area contributed by atoms with Crippen LogP contribution in [0.4, 0.5) is 11.5 Å². The minimum atomic E-state index is -0.700. The fourth-order valence-corrected chi connectivity index (χ4v) is 2.89. The molecule has 2 heterocycles. The third-order valence-electron chi connectivity index (χ3n) is 4.17. The highest BCUT2D eigenvalue weighted by atomic mass is 16.6. The SMILES string of the molecule is CCOC(=O)c1c(C)oc2nc(COC(=O)Cc3ccccc3[N+](=O)[O-])nc(N)c12. The van der Waals surface area contributed by atoms with Crippen LogP contribution in [0.2, 0.25) is 0 Å². The van der Waals surface area contributed by atoms with Crippen LogP contribution >= 0.6 is 0 Å². The van der Waals surface area contributed by atoms with E-state index in [9.17, 15) is 19.7 Å². The van der Waals surface area contributed by atoms with Gasteiger partial charge in [0.1, 0.15) is 17.1 Å². The predicted molar refractivity (Wildman–Crippen MR) is 104 cm³/mol. The van der Waals surface area contributed by atoms with Gasteiger partial charge in [0, 0.05) is 11.6 Å². The number of anilines is 1. The lowest BCUT2D eigenvalue weighted by molar-refractivity contribution is -0.385. The molecule has 11 heteroatoms. The molecule has 3 rings (SSSR count). The number of para-hydroxylation sites is 1. The van der Waals surface area contributed by atoms with Crippen LogP contribution in [-0.2, 0) is 27.3 Å². The first-order chi connectivity index (χ1) is 14.3. The number of aromatic nitrogens is 2. The van der Waals surface area contributed by atoms with E-state index in [1.54, 1.807) is 19.9 Å². The summed E-state index contributed by atoms with van der Waals surface area (Å²) in [5.41, 5.74) is 6.21. The number of hydrogen-bond acceptors (Lipinski definition) is 10. The Balaban J connectivity index is 1.76. The van der Waals surface area contributed by atoms with E-state index in [2.05, 4.69) is 9.97 Å². The van der Waals surface area contributed by atoms with Gasteiger partial charge in [-0.2, -0.15) is 4.98 Å². The summed E-state index contributed by atoms with van der Waals surface area (Å²) in [5.74, 6) is -0.998. The van der Waals surface area contributed by atoms with Crippen molar-refractivity contribution in [2.24, 2.45) is 0 Å². The second-order valence-electron chi connectivity index (χ2n) is 6.18. The molecule has 0 atom stereocenters. The molecule has 156 valence electrons. The Hall–Kier alpha value is -4.02. The Labute approximate surface area is 170 Å². The summed E-state index contributed by atoms with van der Waals surface area (Å²) < 4.78 is 15.6. The second kappa shape index (κ2) is 8.55. The van der Waals surface area contributed by atoms with Crippen molar-refractivity contribution in [1.29, 1.82) is 0 Å². The molecule has 0 saturated heterocycles. The van der Waals surface area contributed by atoms with Crippen molar-refractivity contribution in [1.82, 2.24) is 9.97 Å². The number of benzene rings is 1. The standard InChI is InChI=1S/C19H18N4O7/c1-3-28-19(25)15-10(2)30-18-16(15)17(20)21-13(22-18)9-29-14(24)8-11-6-4-5-7-12(11)23(26)27/h4-7H,3,8-9H2,1-2H3,(H2,20,21,22). The zero-order valence-corrected chi connectivity index (χ0v) is 16.2. The van der Waals surface area contributed by atoms with E-state index < -0.39 is 16.9 Å². The minimum Gasteiger partial charge on any atom is -0.462 e. The third-order valence-corrected chi connectivity index (χ3v) is 4.17. The summed E-state index contributed by atoms with van der Waals surface area (Å²) >= 11 is 0. The highest BCUT2D eigenvalue weighted by Gasteiger charge is 2.24. The Bertz CT molecular complexity index is 1140. The summed E-state index contributed by atoms with van der Waals surface area (Å²) in [7, 11) is 0. The Morgan fingerprint density at radius 3 is 2.67 bits per heavy atom. The number of carbonyl (C=O) groups is 2. The van der Waals surface area contributed by atoms with Gasteiger partial charge < -0.3 is 19.6 Å². The molecule has 2 N–H and O–H groups in total. The molecule has 11 nitrogen and oxygen atoms in total. The van der Waals surface area contributed by atoms with Crippen molar-refractivity contribution >= 4 is 34.5 Å². The van der Waals surface area contributed by atoms with E-state index in [0.29, 0.717) is 0 Å². The summed E-state index contributed by atoms with van der Waals surface area (Å²) in [4.78, 5) is 42.9. The zero-order chi connectivity index (χ0) is 21.8. The molecule has 0 saturated carbocycles. The van der Waals surface area contributed by atoms with Crippen molar-refractivity contribution in [3.05, 3.63) is 57.1 Å². The van der Waals surface area contributed by atoms with Gasteiger partial charge in [-0.1, -0.05) is 18.2 Å². The molecule has 0 aliphatic heterocycles. The first kappa shape index (κ1) is 20.7. The van der Waals surface area contributed by atoms with Crippen molar-refractivity contribution < 1.29 is 28.4 Å². The van der Waals surface area contributed by atoms with Crippen molar-refractivity contribution in [3.63, 3.8) is 0 Å². The molecule has 0 aliphatic rings. The summed E-state index contributed by atoms with van der Waals surface area (Å²) in [5, 5.41) is 11.3. The Morgan fingerprint density at radius 1 is 1.23 bits per heavy atom. The molecule has 0 unspecified atom stereocenters. The van der Waals surface area contributed by atoms with Crippen molar-refractivity contribution in [2.75, 3.05) is 12.3 Å². The average Bonchev–Trinajstić information content (AvgIpc) is 3.03. The van der Waals surface area contributed by atoms with Gasteiger partial charge in [-0.05, 0) is 13.8 Å². The summed E-state index contributed by atoms with van der Waals surface area (Å²) in [6.07, 6.45) is -0.290. The third kappa shape index (κ3) is 4.19.